The zero-order valence-corrected chi connectivity index (χ0v) is 18.6. The quantitative estimate of drug-likeness (QED) is 0.573. The zero-order chi connectivity index (χ0) is 20.6. The summed E-state index contributed by atoms with van der Waals surface area (Å²) < 4.78 is 5.46. The first-order valence-corrected chi connectivity index (χ1v) is 11.9. The van der Waals surface area contributed by atoms with Gasteiger partial charge in [-0.2, -0.15) is 0 Å². The smallest absolute Gasteiger partial charge is 0.193 e. The first kappa shape index (κ1) is 21.6. The molecule has 0 amide bonds. The van der Waals surface area contributed by atoms with Crippen LogP contribution in [0, 0.1) is 5.92 Å². The van der Waals surface area contributed by atoms with Gasteiger partial charge in [0.25, 0.3) is 0 Å². The lowest BCUT2D eigenvalue weighted by Gasteiger charge is -2.48. The number of hydrogen-bond donors (Lipinski definition) is 1. The number of nitrogens with one attached hydrogen (secondary N) is 1. The van der Waals surface area contributed by atoms with Crippen molar-refractivity contribution in [3.8, 4) is 0 Å². The highest BCUT2D eigenvalue weighted by Crippen LogP contribution is 2.31. The van der Waals surface area contributed by atoms with Crippen LogP contribution in [-0.4, -0.2) is 92.3 Å². The van der Waals surface area contributed by atoms with Crippen LogP contribution in [0.25, 0.3) is 0 Å². The van der Waals surface area contributed by atoms with Gasteiger partial charge in [0.05, 0.1) is 19.8 Å². The topological polar surface area (TPSA) is 43.3 Å². The molecule has 3 heterocycles. The molecular formula is C24H39N5O. The fourth-order valence-corrected chi connectivity index (χ4v) is 5.26. The molecule has 6 heteroatoms. The van der Waals surface area contributed by atoms with Crippen molar-refractivity contribution in [2.45, 2.75) is 38.8 Å². The molecule has 1 N–H and O–H groups in total. The van der Waals surface area contributed by atoms with Crippen LogP contribution in [0.5, 0.6) is 0 Å². The number of fused-ring (bicyclic) bond motifs is 1. The number of rotatable bonds is 6. The van der Waals surface area contributed by atoms with Gasteiger partial charge in [-0.1, -0.05) is 30.3 Å². The zero-order valence-electron chi connectivity index (χ0n) is 18.6. The number of hydrogen-bond acceptors (Lipinski definition) is 4. The molecule has 1 aromatic carbocycles. The third kappa shape index (κ3) is 5.74. The molecule has 3 aliphatic heterocycles. The molecule has 3 fully saturated rings. The number of likely N-dealkylation sites (tertiary alicyclic amines) is 2. The number of guanidine groups is 1. The van der Waals surface area contributed by atoms with Gasteiger partial charge in [-0.15, -0.1) is 0 Å². The van der Waals surface area contributed by atoms with Crippen molar-refractivity contribution in [1.82, 2.24) is 20.0 Å². The Morgan fingerprint density at radius 2 is 1.93 bits per heavy atom. The van der Waals surface area contributed by atoms with Crippen LogP contribution in [0.4, 0.5) is 0 Å². The molecule has 0 aliphatic carbocycles. The summed E-state index contributed by atoms with van der Waals surface area (Å²) in [5.41, 5.74) is 1.44. The third-order valence-corrected chi connectivity index (χ3v) is 6.83. The normalized spacial score (nSPS) is 26.4. The average Bonchev–Trinajstić information content (AvgIpc) is 2.80. The van der Waals surface area contributed by atoms with Crippen LogP contribution < -0.4 is 5.32 Å². The Morgan fingerprint density at radius 1 is 1.10 bits per heavy atom. The van der Waals surface area contributed by atoms with Crippen molar-refractivity contribution in [3.05, 3.63) is 35.9 Å². The fourth-order valence-electron chi connectivity index (χ4n) is 5.26. The van der Waals surface area contributed by atoms with Crippen LogP contribution in [0.15, 0.2) is 35.3 Å². The summed E-state index contributed by atoms with van der Waals surface area (Å²) in [6, 6.07) is 11.7. The molecule has 0 radical (unpaired) electrons. The summed E-state index contributed by atoms with van der Waals surface area (Å²) in [4.78, 5) is 12.7. The van der Waals surface area contributed by atoms with Gasteiger partial charge in [-0.3, -0.25) is 14.8 Å². The van der Waals surface area contributed by atoms with Crippen molar-refractivity contribution < 1.29 is 4.74 Å². The maximum absolute atomic E-state index is 5.46. The molecule has 1 aromatic rings. The van der Waals surface area contributed by atoms with E-state index in [0.29, 0.717) is 6.04 Å². The van der Waals surface area contributed by atoms with Crippen molar-refractivity contribution in [3.63, 3.8) is 0 Å². The monoisotopic (exact) mass is 413 g/mol. The van der Waals surface area contributed by atoms with E-state index in [1.807, 2.05) is 0 Å². The summed E-state index contributed by atoms with van der Waals surface area (Å²) in [7, 11) is 0. The van der Waals surface area contributed by atoms with Crippen LogP contribution in [0.1, 0.15) is 31.7 Å². The molecule has 2 unspecified atom stereocenters. The molecule has 30 heavy (non-hydrogen) atoms. The van der Waals surface area contributed by atoms with Crippen molar-refractivity contribution >= 4 is 5.96 Å². The summed E-state index contributed by atoms with van der Waals surface area (Å²) >= 11 is 0. The minimum atomic E-state index is 0.714. The number of nitrogens with zero attached hydrogens (tertiary/aromatic N) is 4. The predicted octanol–water partition coefficient (Wildman–Crippen LogP) is 2.27. The molecule has 0 bridgehead atoms. The second-order valence-electron chi connectivity index (χ2n) is 8.85. The van der Waals surface area contributed by atoms with Gasteiger partial charge in [0.2, 0.25) is 0 Å². The van der Waals surface area contributed by atoms with Crippen LogP contribution in [-0.2, 0) is 11.3 Å². The van der Waals surface area contributed by atoms with E-state index in [2.05, 4.69) is 57.3 Å². The lowest BCUT2D eigenvalue weighted by molar-refractivity contribution is 0.0365. The molecule has 2 atom stereocenters. The number of aliphatic imine (C=N–C) groups is 1. The van der Waals surface area contributed by atoms with Gasteiger partial charge in [0, 0.05) is 51.9 Å². The lowest BCUT2D eigenvalue weighted by Crippen LogP contribution is -2.56. The Hall–Kier alpha value is -1.63. The highest BCUT2D eigenvalue weighted by atomic mass is 16.5. The number of ether oxygens (including phenoxy) is 1. The number of morpholine rings is 1. The second kappa shape index (κ2) is 11.1. The van der Waals surface area contributed by atoms with Crippen LogP contribution in [0.3, 0.4) is 0 Å². The van der Waals surface area contributed by atoms with Gasteiger partial charge in [0.1, 0.15) is 0 Å². The van der Waals surface area contributed by atoms with E-state index in [1.165, 1.54) is 31.4 Å². The highest BCUT2D eigenvalue weighted by molar-refractivity contribution is 5.80. The summed E-state index contributed by atoms with van der Waals surface area (Å²) in [5, 5.41) is 3.56. The first-order valence-electron chi connectivity index (χ1n) is 11.9. The fraction of sp³-hybridized carbons (Fsp3) is 0.708. The molecule has 0 spiro atoms. The number of piperidine rings is 2. The van der Waals surface area contributed by atoms with Gasteiger partial charge < -0.3 is 15.0 Å². The molecule has 3 saturated heterocycles. The standard InChI is InChI=1S/C24H39N5O/c1-2-25-24(26-11-14-27-15-17-30-18-16-27)29-13-10-23-22(20-29)9-6-12-28(23)19-21-7-4-3-5-8-21/h3-5,7-8,22-23H,2,6,9-20H2,1H3,(H,25,26). The summed E-state index contributed by atoms with van der Waals surface area (Å²) in [6.07, 6.45) is 3.90. The van der Waals surface area contributed by atoms with Gasteiger partial charge in [0.15, 0.2) is 5.96 Å². The highest BCUT2D eigenvalue weighted by Gasteiger charge is 2.36. The first-order chi connectivity index (χ1) is 14.8. The Balaban J connectivity index is 1.33. The molecule has 3 aliphatic rings. The Bertz CT molecular complexity index is 661. The molecule has 0 aromatic heterocycles. The van der Waals surface area contributed by atoms with Crippen molar-refractivity contribution in [2.24, 2.45) is 10.9 Å². The largest absolute Gasteiger partial charge is 0.379 e. The summed E-state index contributed by atoms with van der Waals surface area (Å²) in [6.45, 7) is 13.4. The maximum Gasteiger partial charge on any atom is 0.193 e. The van der Waals surface area contributed by atoms with E-state index in [1.54, 1.807) is 0 Å². The van der Waals surface area contributed by atoms with Crippen molar-refractivity contribution in [1.29, 1.82) is 0 Å². The maximum atomic E-state index is 5.46. The van der Waals surface area contributed by atoms with Gasteiger partial charge in [-0.05, 0) is 44.2 Å². The number of benzene rings is 1. The second-order valence-corrected chi connectivity index (χ2v) is 8.85. The van der Waals surface area contributed by atoms with Gasteiger partial charge >= 0.3 is 0 Å². The van der Waals surface area contributed by atoms with Crippen molar-refractivity contribution in [2.75, 3.05) is 65.6 Å². The van der Waals surface area contributed by atoms with E-state index >= 15 is 0 Å². The Morgan fingerprint density at radius 3 is 2.73 bits per heavy atom. The molecule has 6 nitrogen and oxygen atoms in total. The third-order valence-electron chi connectivity index (χ3n) is 6.83. The van der Waals surface area contributed by atoms with E-state index in [9.17, 15) is 0 Å². The van der Waals surface area contributed by atoms with E-state index in [4.69, 9.17) is 9.73 Å². The Labute approximate surface area is 182 Å². The average molecular weight is 414 g/mol. The van der Waals surface area contributed by atoms with E-state index < -0.39 is 0 Å². The lowest BCUT2D eigenvalue weighted by atomic mass is 9.83. The predicted molar refractivity (Wildman–Crippen MR) is 123 cm³/mol. The summed E-state index contributed by atoms with van der Waals surface area (Å²) in [5.74, 6) is 1.86. The van der Waals surface area contributed by atoms with Crippen LogP contribution >= 0.6 is 0 Å². The minimum absolute atomic E-state index is 0.714. The molecule has 166 valence electrons. The molecule has 0 saturated carbocycles. The van der Waals surface area contributed by atoms with Gasteiger partial charge in [-0.25, -0.2) is 0 Å². The Kier molecular flexibility index (Phi) is 8.01. The molecule has 4 rings (SSSR count). The molecular weight excluding hydrogens is 374 g/mol. The SMILES string of the molecule is CCNC(=NCCN1CCOCC1)N1CCC2C(CCCN2Cc2ccccc2)C1. The van der Waals surface area contributed by atoms with E-state index in [-0.39, 0.29) is 0 Å². The minimum Gasteiger partial charge on any atom is -0.379 e. The van der Waals surface area contributed by atoms with E-state index in [0.717, 1.165) is 77.4 Å². The van der Waals surface area contributed by atoms with Crippen LogP contribution in [0.2, 0.25) is 0 Å².